The van der Waals surface area contributed by atoms with E-state index in [0.717, 1.165) is 0 Å². The van der Waals surface area contributed by atoms with Gasteiger partial charge in [-0.15, -0.1) is 0 Å². The summed E-state index contributed by atoms with van der Waals surface area (Å²) in [5.41, 5.74) is 0.427. The highest BCUT2D eigenvalue weighted by atomic mass is 19.4. The zero-order chi connectivity index (χ0) is 10.3. The van der Waals surface area contributed by atoms with Crippen LogP contribution < -0.4 is 5.32 Å². The predicted molar refractivity (Wildman–Crippen MR) is 41.9 cm³/mol. The predicted octanol–water partition coefficient (Wildman–Crippen LogP) is 1.69. The van der Waals surface area contributed by atoms with Gasteiger partial charge >= 0.3 is 12.1 Å². The number of oxazole rings is 1. The van der Waals surface area contributed by atoms with Gasteiger partial charge in [0, 0.05) is 19.0 Å². The van der Waals surface area contributed by atoms with Crippen LogP contribution in [-0.2, 0) is 6.18 Å². The first-order chi connectivity index (χ1) is 6.48. The first kappa shape index (κ1) is 9.51. The molecule has 0 unspecified atom stereocenters. The normalized spacial score (nSPS) is 18.3. The van der Waals surface area contributed by atoms with Gasteiger partial charge in [-0.1, -0.05) is 0 Å². The van der Waals surface area contributed by atoms with Crippen LogP contribution >= 0.6 is 0 Å². The quantitative estimate of drug-likeness (QED) is 0.759. The Morgan fingerprint density at radius 1 is 1.43 bits per heavy atom. The minimum atomic E-state index is -4.49. The summed E-state index contributed by atoms with van der Waals surface area (Å²) in [6.07, 6.45) is -4.49. The van der Waals surface area contributed by atoms with Gasteiger partial charge in [-0.25, -0.2) is 4.98 Å². The van der Waals surface area contributed by atoms with Crippen molar-refractivity contribution in [3.8, 4) is 0 Å². The maximum Gasteiger partial charge on any atom is 0.468 e. The Bertz CT molecular complexity index is 341. The molecule has 1 aromatic rings. The SMILES string of the molecule is Cc1oc(C(F)(F)F)nc1C1CNC1. The molecule has 6 heteroatoms. The molecular weight excluding hydrogens is 197 g/mol. The number of nitrogens with zero attached hydrogens (tertiary/aromatic N) is 1. The lowest BCUT2D eigenvalue weighted by molar-refractivity contribution is -0.157. The van der Waals surface area contributed by atoms with Crippen molar-refractivity contribution >= 4 is 0 Å². The molecule has 0 radical (unpaired) electrons. The van der Waals surface area contributed by atoms with Gasteiger partial charge in [0.25, 0.3) is 0 Å². The van der Waals surface area contributed by atoms with Gasteiger partial charge in [0.2, 0.25) is 0 Å². The van der Waals surface area contributed by atoms with E-state index < -0.39 is 12.1 Å². The average molecular weight is 206 g/mol. The van der Waals surface area contributed by atoms with E-state index in [-0.39, 0.29) is 11.7 Å². The van der Waals surface area contributed by atoms with Crippen molar-refractivity contribution in [3.05, 3.63) is 17.3 Å². The molecule has 14 heavy (non-hydrogen) atoms. The van der Waals surface area contributed by atoms with Crippen LogP contribution in [0.25, 0.3) is 0 Å². The zero-order valence-corrected chi connectivity index (χ0v) is 7.48. The number of nitrogens with one attached hydrogen (secondary N) is 1. The number of aryl methyl sites for hydroxylation is 1. The van der Waals surface area contributed by atoms with Gasteiger partial charge in [-0.2, -0.15) is 13.2 Å². The monoisotopic (exact) mass is 206 g/mol. The number of halogens is 3. The third-order valence-corrected chi connectivity index (χ3v) is 2.24. The highest BCUT2D eigenvalue weighted by Gasteiger charge is 2.39. The van der Waals surface area contributed by atoms with E-state index in [0.29, 0.717) is 18.8 Å². The molecule has 2 heterocycles. The molecule has 0 saturated carbocycles. The van der Waals surface area contributed by atoms with Crippen LogP contribution in [0.4, 0.5) is 13.2 Å². The minimum absolute atomic E-state index is 0.0647. The molecule has 1 aliphatic rings. The molecule has 1 aromatic heterocycles. The topological polar surface area (TPSA) is 38.1 Å². The highest BCUT2D eigenvalue weighted by Crippen LogP contribution is 2.32. The van der Waals surface area contributed by atoms with E-state index in [4.69, 9.17) is 0 Å². The standard InChI is InChI=1S/C8H9F3N2O/c1-4-6(5-2-12-3-5)13-7(14-4)8(9,10)11/h5,12H,2-3H2,1H3. The van der Waals surface area contributed by atoms with E-state index in [1.807, 2.05) is 0 Å². The van der Waals surface area contributed by atoms with E-state index in [1.54, 1.807) is 0 Å². The number of rotatable bonds is 1. The van der Waals surface area contributed by atoms with Gasteiger partial charge in [0.15, 0.2) is 0 Å². The number of hydrogen-bond acceptors (Lipinski definition) is 3. The summed E-state index contributed by atoms with van der Waals surface area (Å²) in [7, 11) is 0. The molecule has 3 nitrogen and oxygen atoms in total. The van der Waals surface area contributed by atoms with Gasteiger partial charge < -0.3 is 9.73 Å². The van der Waals surface area contributed by atoms with Crippen molar-refractivity contribution in [2.75, 3.05) is 13.1 Å². The fraction of sp³-hybridized carbons (Fsp3) is 0.625. The molecule has 1 fully saturated rings. The van der Waals surface area contributed by atoms with Crippen molar-refractivity contribution in [2.24, 2.45) is 0 Å². The molecule has 0 atom stereocenters. The minimum Gasteiger partial charge on any atom is -0.438 e. The van der Waals surface area contributed by atoms with Gasteiger partial charge in [-0.3, -0.25) is 0 Å². The van der Waals surface area contributed by atoms with Crippen LogP contribution in [0.15, 0.2) is 4.42 Å². The van der Waals surface area contributed by atoms with E-state index in [9.17, 15) is 13.2 Å². The molecule has 0 spiro atoms. The van der Waals surface area contributed by atoms with E-state index >= 15 is 0 Å². The lowest BCUT2D eigenvalue weighted by atomic mass is 9.98. The maximum atomic E-state index is 12.2. The van der Waals surface area contributed by atoms with Gasteiger partial charge in [0.05, 0.1) is 5.69 Å². The second-order valence-electron chi connectivity index (χ2n) is 3.31. The molecule has 1 saturated heterocycles. The van der Waals surface area contributed by atoms with Crippen LogP contribution in [0.1, 0.15) is 23.3 Å². The van der Waals surface area contributed by atoms with Crippen LogP contribution in [0.2, 0.25) is 0 Å². The Balaban J connectivity index is 2.29. The third kappa shape index (κ3) is 1.50. The lowest BCUT2D eigenvalue weighted by Gasteiger charge is -2.25. The van der Waals surface area contributed by atoms with E-state index in [1.165, 1.54) is 6.92 Å². The summed E-state index contributed by atoms with van der Waals surface area (Å²) >= 11 is 0. The van der Waals surface area contributed by atoms with Crippen molar-refractivity contribution < 1.29 is 17.6 Å². The molecule has 0 aromatic carbocycles. The summed E-state index contributed by atoms with van der Waals surface area (Å²) in [6, 6.07) is 0. The smallest absolute Gasteiger partial charge is 0.438 e. The first-order valence-electron chi connectivity index (χ1n) is 4.23. The average Bonchev–Trinajstić information content (AvgIpc) is 2.28. The first-order valence-corrected chi connectivity index (χ1v) is 4.23. The second kappa shape index (κ2) is 2.98. The largest absolute Gasteiger partial charge is 0.468 e. The molecule has 1 N–H and O–H groups in total. The second-order valence-corrected chi connectivity index (χ2v) is 3.31. The molecule has 0 bridgehead atoms. The zero-order valence-electron chi connectivity index (χ0n) is 7.48. The van der Waals surface area contributed by atoms with Crippen molar-refractivity contribution in [1.82, 2.24) is 10.3 Å². The fourth-order valence-electron chi connectivity index (χ4n) is 1.39. The number of hydrogen-bond donors (Lipinski definition) is 1. The van der Waals surface area contributed by atoms with E-state index in [2.05, 4.69) is 14.7 Å². The van der Waals surface area contributed by atoms with Crippen molar-refractivity contribution in [2.45, 2.75) is 19.0 Å². The number of alkyl halides is 3. The molecular formula is C8H9F3N2O. The molecule has 78 valence electrons. The van der Waals surface area contributed by atoms with Gasteiger partial charge in [0.1, 0.15) is 5.76 Å². The highest BCUT2D eigenvalue weighted by molar-refractivity contribution is 5.18. The van der Waals surface area contributed by atoms with Crippen molar-refractivity contribution in [1.29, 1.82) is 0 Å². The van der Waals surface area contributed by atoms with Crippen LogP contribution in [-0.4, -0.2) is 18.1 Å². The lowest BCUT2D eigenvalue weighted by Crippen LogP contribution is -2.40. The maximum absolute atomic E-state index is 12.2. The number of aromatic nitrogens is 1. The van der Waals surface area contributed by atoms with Crippen LogP contribution in [0.3, 0.4) is 0 Å². The Hall–Kier alpha value is -1.04. The summed E-state index contributed by atoms with van der Waals surface area (Å²) in [4.78, 5) is 3.47. The molecule has 0 aliphatic carbocycles. The summed E-state index contributed by atoms with van der Waals surface area (Å²) in [6.45, 7) is 2.85. The Morgan fingerprint density at radius 2 is 2.07 bits per heavy atom. The Kier molecular flexibility index (Phi) is 2.02. The van der Waals surface area contributed by atoms with Crippen LogP contribution in [0, 0.1) is 6.92 Å². The Morgan fingerprint density at radius 3 is 2.43 bits per heavy atom. The Labute approximate surface area is 78.3 Å². The molecule has 2 rings (SSSR count). The van der Waals surface area contributed by atoms with Gasteiger partial charge in [-0.05, 0) is 6.92 Å². The fourth-order valence-corrected chi connectivity index (χ4v) is 1.39. The molecule has 1 aliphatic heterocycles. The summed E-state index contributed by atoms with van der Waals surface area (Å²) in [5.74, 6) is -0.810. The van der Waals surface area contributed by atoms with Crippen molar-refractivity contribution in [3.63, 3.8) is 0 Å². The summed E-state index contributed by atoms with van der Waals surface area (Å²) < 4.78 is 41.2. The van der Waals surface area contributed by atoms with Crippen LogP contribution in [0.5, 0.6) is 0 Å². The third-order valence-electron chi connectivity index (χ3n) is 2.24. The molecule has 0 amide bonds. The summed E-state index contributed by atoms with van der Waals surface area (Å²) in [5, 5.41) is 2.97.